The van der Waals surface area contributed by atoms with Crippen LogP contribution < -0.4 is 5.32 Å². The number of amides is 1. The normalized spacial score (nSPS) is 15.7. The van der Waals surface area contributed by atoms with Crippen LogP contribution >= 0.6 is 15.9 Å². The second kappa shape index (κ2) is 8.50. The third-order valence-corrected chi connectivity index (χ3v) is 7.24. The molecule has 1 amide bonds. The summed E-state index contributed by atoms with van der Waals surface area (Å²) in [5.74, 6) is 0.0892. The van der Waals surface area contributed by atoms with Gasteiger partial charge >= 0.3 is 0 Å². The molecular formula is C19H22BrN3O3S. The third-order valence-electron chi connectivity index (χ3n) is 4.85. The minimum absolute atomic E-state index is 0.0511. The Hall–Kier alpha value is -1.77. The summed E-state index contributed by atoms with van der Waals surface area (Å²) in [5, 5.41) is 2.69. The fourth-order valence-corrected chi connectivity index (χ4v) is 4.87. The number of pyridine rings is 1. The van der Waals surface area contributed by atoms with E-state index in [2.05, 4.69) is 26.2 Å². The Balaban J connectivity index is 1.71. The topological polar surface area (TPSA) is 79.4 Å². The van der Waals surface area contributed by atoms with Crippen LogP contribution in [0.3, 0.4) is 0 Å². The molecule has 0 aliphatic heterocycles. The van der Waals surface area contributed by atoms with Crippen LogP contribution in [0.5, 0.6) is 0 Å². The molecule has 2 aromatic rings. The van der Waals surface area contributed by atoms with Crippen molar-refractivity contribution in [3.05, 3.63) is 52.6 Å². The van der Waals surface area contributed by atoms with Crippen molar-refractivity contribution in [2.24, 2.45) is 0 Å². The molecule has 1 N–H and O–H groups in total. The van der Waals surface area contributed by atoms with E-state index in [9.17, 15) is 13.2 Å². The van der Waals surface area contributed by atoms with Crippen molar-refractivity contribution in [3.63, 3.8) is 0 Å². The predicted molar refractivity (Wildman–Crippen MR) is 108 cm³/mol. The molecule has 1 saturated carbocycles. The van der Waals surface area contributed by atoms with Crippen LogP contribution in [0.4, 0.5) is 5.82 Å². The predicted octanol–water partition coefficient (Wildman–Crippen LogP) is 4.05. The molecule has 8 heteroatoms. The van der Waals surface area contributed by atoms with Gasteiger partial charge in [-0.25, -0.2) is 13.4 Å². The third kappa shape index (κ3) is 4.75. The Kier molecular flexibility index (Phi) is 6.29. The number of anilines is 1. The van der Waals surface area contributed by atoms with Gasteiger partial charge in [0.15, 0.2) is 0 Å². The highest BCUT2D eigenvalue weighted by Crippen LogP contribution is 2.26. The first-order valence-corrected chi connectivity index (χ1v) is 11.1. The van der Waals surface area contributed by atoms with E-state index in [0.29, 0.717) is 11.4 Å². The minimum Gasteiger partial charge on any atom is -0.307 e. The number of sulfonamides is 1. The summed E-state index contributed by atoms with van der Waals surface area (Å²) >= 11 is 3.29. The van der Waals surface area contributed by atoms with Gasteiger partial charge in [0.25, 0.3) is 5.91 Å². The SMILES string of the molecule is CN(C1CCCCC1)S(=O)(=O)c1ccc(C(=O)Nc2ccc(Br)cn2)cc1. The van der Waals surface area contributed by atoms with Crippen molar-refractivity contribution >= 4 is 37.7 Å². The molecule has 1 aliphatic rings. The largest absolute Gasteiger partial charge is 0.307 e. The number of carbonyl (C=O) groups is 1. The molecule has 6 nitrogen and oxygen atoms in total. The lowest BCUT2D eigenvalue weighted by atomic mass is 9.96. The van der Waals surface area contributed by atoms with Gasteiger partial charge in [-0.2, -0.15) is 4.31 Å². The number of hydrogen-bond donors (Lipinski definition) is 1. The summed E-state index contributed by atoms with van der Waals surface area (Å²) in [6, 6.07) is 9.53. The van der Waals surface area contributed by atoms with Gasteiger partial charge in [-0.15, -0.1) is 0 Å². The molecule has 0 spiro atoms. The summed E-state index contributed by atoms with van der Waals surface area (Å²) < 4.78 is 28.0. The first-order chi connectivity index (χ1) is 12.9. The van der Waals surface area contributed by atoms with E-state index in [0.717, 1.165) is 30.2 Å². The van der Waals surface area contributed by atoms with Gasteiger partial charge in [0.05, 0.1) is 4.90 Å². The quantitative estimate of drug-likeness (QED) is 0.743. The Morgan fingerprint density at radius 3 is 2.37 bits per heavy atom. The first kappa shape index (κ1) is 20.0. The Morgan fingerprint density at radius 2 is 1.78 bits per heavy atom. The average Bonchev–Trinajstić information content (AvgIpc) is 2.70. The highest BCUT2D eigenvalue weighted by atomic mass is 79.9. The maximum Gasteiger partial charge on any atom is 0.256 e. The fourth-order valence-electron chi connectivity index (χ4n) is 3.22. The summed E-state index contributed by atoms with van der Waals surface area (Å²) in [6.07, 6.45) is 6.68. The van der Waals surface area contributed by atoms with Crippen molar-refractivity contribution in [3.8, 4) is 0 Å². The standard InChI is InChI=1S/C19H22BrN3O3S/c1-23(16-5-3-2-4-6-16)27(25,26)17-10-7-14(8-11-17)19(24)22-18-12-9-15(20)13-21-18/h7-13,16H,2-6H2,1H3,(H,21,22,24). The zero-order valence-electron chi connectivity index (χ0n) is 15.1. The van der Waals surface area contributed by atoms with E-state index < -0.39 is 10.0 Å². The van der Waals surface area contributed by atoms with Gasteiger partial charge in [0.2, 0.25) is 10.0 Å². The number of nitrogens with one attached hydrogen (secondary N) is 1. The molecule has 3 rings (SSSR count). The average molecular weight is 452 g/mol. The number of nitrogens with zero attached hydrogens (tertiary/aromatic N) is 2. The van der Waals surface area contributed by atoms with E-state index in [1.165, 1.54) is 35.0 Å². The van der Waals surface area contributed by atoms with Gasteiger partial charge in [0, 0.05) is 29.3 Å². The smallest absolute Gasteiger partial charge is 0.256 e. The van der Waals surface area contributed by atoms with Crippen LogP contribution in [-0.4, -0.2) is 36.7 Å². The van der Waals surface area contributed by atoms with Crippen molar-refractivity contribution in [1.82, 2.24) is 9.29 Å². The Bertz CT molecular complexity index is 893. The number of rotatable bonds is 5. The molecule has 0 saturated heterocycles. The highest BCUT2D eigenvalue weighted by molar-refractivity contribution is 9.10. The van der Waals surface area contributed by atoms with Crippen LogP contribution in [-0.2, 0) is 10.0 Å². The van der Waals surface area contributed by atoms with Gasteiger partial charge in [0.1, 0.15) is 5.82 Å². The minimum atomic E-state index is -3.56. The second-order valence-electron chi connectivity index (χ2n) is 6.65. The van der Waals surface area contributed by atoms with E-state index >= 15 is 0 Å². The lowest BCUT2D eigenvalue weighted by molar-refractivity contribution is 0.102. The van der Waals surface area contributed by atoms with E-state index in [1.807, 2.05) is 0 Å². The van der Waals surface area contributed by atoms with Crippen molar-refractivity contribution in [1.29, 1.82) is 0 Å². The van der Waals surface area contributed by atoms with Crippen molar-refractivity contribution in [2.75, 3.05) is 12.4 Å². The molecule has 27 heavy (non-hydrogen) atoms. The van der Waals surface area contributed by atoms with Crippen LogP contribution in [0.2, 0.25) is 0 Å². The Labute approximate surface area is 168 Å². The lowest BCUT2D eigenvalue weighted by Crippen LogP contribution is -2.38. The monoisotopic (exact) mass is 451 g/mol. The highest BCUT2D eigenvalue weighted by Gasteiger charge is 2.29. The lowest BCUT2D eigenvalue weighted by Gasteiger charge is -2.30. The van der Waals surface area contributed by atoms with Crippen LogP contribution in [0.1, 0.15) is 42.5 Å². The molecule has 1 aromatic heterocycles. The number of benzene rings is 1. The Morgan fingerprint density at radius 1 is 1.11 bits per heavy atom. The maximum atomic E-state index is 12.8. The van der Waals surface area contributed by atoms with Gasteiger partial charge in [-0.05, 0) is 65.2 Å². The van der Waals surface area contributed by atoms with Crippen molar-refractivity contribution < 1.29 is 13.2 Å². The van der Waals surface area contributed by atoms with Crippen LogP contribution in [0, 0.1) is 0 Å². The molecule has 0 atom stereocenters. The maximum absolute atomic E-state index is 12.8. The second-order valence-corrected chi connectivity index (χ2v) is 9.57. The zero-order chi connectivity index (χ0) is 19.4. The van der Waals surface area contributed by atoms with Crippen LogP contribution in [0.25, 0.3) is 0 Å². The van der Waals surface area contributed by atoms with Crippen molar-refractivity contribution in [2.45, 2.75) is 43.0 Å². The van der Waals surface area contributed by atoms with Gasteiger partial charge in [-0.1, -0.05) is 19.3 Å². The molecule has 1 heterocycles. The number of halogens is 1. The number of aromatic nitrogens is 1. The summed E-state index contributed by atoms with van der Waals surface area (Å²) in [4.78, 5) is 16.6. The molecule has 0 radical (unpaired) electrons. The first-order valence-electron chi connectivity index (χ1n) is 8.89. The molecule has 0 unspecified atom stereocenters. The summed E-state index contributed by atoms with van der Waals surface area (Å²) in [5.41, 5.74) is 0.374. The molecular weight excluding hydrogens is 430 g/mol. The number of carbonyl (C=O) groups excluding carboxylic acids is 1. The van der Waals surface area contributed by atoms with E-state index in [4.69, 9.17) is 0 Å². The summed E-state index contributed by atoms with van der Waals surface area (Å²) in [7, 11) is -1.92. The molecule has 0 bridgehead atoms. The molecule has 144 valence electrons. The summed E-state index contributed by atoms with van der Waals surface area (Å²) in [6.45, 7) is 0. The molecule has 1 aromatic carbocycles. The number of hydrogen-bond acceptors (Lipinski definition) is 4. The van der Waals surface area contributed by atoms with Crippen LogP contribution in [0.15, 0.2) is 52.0 Å². The van der Waals surface area contributed by atoms with Gasteiger partial charge in [-0.3, -0.25) is 4.79 Å². The zero-order valence-corrected chi connectivity index (χ0v) is 17.5. The molecule has 1 aliphatic carbocycles. The van der Waals surface area contributed by atoms with Gasteiger partial charge < -0.3 is 5.32 Å². The van der Waals surface area contributed by atoms with E-state index in [-0.39, 0.29) is 16.8 Å². The van der Waals surface area contributed by atoms with E-state index in [1.54, 1.807) is 25.4 Å². The molecule has 1 fully saturated rings. The fraction of sp³-hybridized carbons (Fsp3) is 0.368.